The molecule has 3 saturated carbocycles. The highest BCUT2D eigenvalue weighted by Gasteiger charge is 2.65. The van der Waals surface area contributed by atoms with Gasteiger partial charge in [-0.2, -0.15) is 4.98 Å². The molecule has 2 bridgehead atoms. The second kappa shape index (κ2) is 4.24. The van der Waals surface area contributed by atoms with E-state index in [0.29, 0.717) is 17.6 Å². The number of nitrogens with zero attached hydrogens (tertiary/aromatic N) is 2. The summed E-state index contributed by atoms with van der Waals surface area (Å²) in [4.78, 5) is 8.42. The van der Waals surface area contributed by atoms with Gasteiger partial charge < -0.3 is 15.8 Å². The first-order chi connectivity index (χ1) is 9.65. The number of rotatable bonds is 4. The van der Waals surface area contributed by atoms with Gasteiger partial charge in [0.15, 0.2) is 5.82 Å². The van der Waals surface area contributed by atoms with Crippen molar-refractivity contribution in [3.63, 3.8) is 0 Å². The van der Waals surface area contributed by atoms with Gasteiger partial charge in [0, 0.05) is 6.04 Å². The van der Waals surface area contributed by atoms with Crippen molar-refractivity contribution in [1.29, 1.82) is 0 Å². The summed E-state index contributed by atoms with van der Waals surface area (Å²) in [7, 11) is 0. The summed E-state index contributed by atoms with van der Waals surface area (Å²) in [6.07, 6.45) is 5.89. The standard InChI is InChI=1S/C15H22N4O/c1-7(2)20-15-12(16)14(17-6-18-15)19-13-10-8-3-4-9(5-8)11(10)13/h6-11,13H,3-5,16H2,1-2H3,(H,17,18,19). The van der Waals surface area contributed by atoms with E-state index in [1.807, 2.05) is 13.8 Å². The van der Waals surface area contributed by atoms with Crippen LogP contribution in [-0.2, 0) is 0 Å². The van der Waals surface area contributed by atoms with Gasteiger partial charge in [0.1, 0.15) is 12.0 Å². The Hall–Kier alpha value is -1.52. The van der Waals surface area contributed by atoms with Gasteiger partial charge >= 0.3 is 0 Å². The van der Waals surface area contributed by atoms with Gasteiger partial charge in [-0.05, 0) is 56.8 Å². The van der Waals surface area contributed by atoms with Crippen LogP contribution in [0.5, 0.6) is 5.88 Å². The molecule has 4 unspecified atom stereocenters. The fraction of sp³-hybridized carbons (Fsp3) is 0.733. The predicted molar refractivity (Wildman–Crippen MR) is 77.4 cm³/mol. The number of aromatic nitrogens is 2. The molecule has 3 aliphatic carbocycles. The Morgan fingerprint density at radius 1 is 1.25 bits per heavy atom. The molecule has 5 heteroatoms. The van der Waals surface area contributed by atoms with Crippen LogP contribution in [0, 0.1) is 23.7 Å². The van der Waals surface area contributed by atoms with Crippen molar-refractivity contribution in [2.75, 3.05) is 11.1 Å². The summed E-state index contributed by atoms with van der Waals surface area (Å²) in [5, 5.41) is 3.54. The number of nitrogens with one attached hydrogen (secondary N) is 1. The summed E-state index contributed by atoms with van der Waals surface area (Å²) in [5.41, 5.74) is 6.67. The number of anilines is 2. The van der Waals surface area contributed by atoms with Gasteiger partial charge in [0.25, 0.3) is 0 Å². The van der Waals surface area contributed by atoms with Crippen LogP contribution in [-0.4, -0.2) is 22.1 Å². The largest absolute Gasteiger partial charge is 0.473 e. The second-order valence-electron chi connectivity index (χ2n) is 6.77. The number of fused-ring (bicyclic) bond motifs is 5. The van der Waals surface area contributed by atoms with Gasteiger partial charge in [0.05, 0.1) is 6.10 Å². The van der Waals surface area contributed by atoms with Crippen LogP contribution in [0.2, 0.25) is 0 Å². The topological polar surface area (TPSA) is 73.1 Å². The highest BCUT2D eigenvalue weighted by Crippen LogP contribution is 2.66. The molecule has 0 radical (unpaired) electrons. The molecule has 4 atom stereocenters. The molecule has 3 fully saturated rings. The first kappa shape index (κ1) is 12.2. The Morgan fingerprint density at radius 2 is 1.95 bits per heavy atom. The number of hydrogen-bond donors (Lipinski definition) is 2. The number of nitrogens with two attached hydrogens (primary N) is 1. The molecule has 5 nitrogen and oxygen atoms in total. The maximum Gasteiger partial charge on any atom is 0.242 e. The normalized spacial score (nSPS) is 37.0. The first-order valence-corrected chi connectivity index (χ1v) is 7.69. The van der Waals surface area contributed by atoms with Gasteiger partial charge in [-0.1, -0.05) is 0 Å². The van der Waals surface area contributed by atoms with E-state index < -0.39 is 0 Å². The zero-order chi connectivity index (χ0) is 13.9. The smallest absolute Gasteiger partial charge is 0.242 e. The molecular formula is C15H22N4O. The average molecular weight is 274 g/mol. The molecular weight excluding hydrogens is 252 g/mol. The highest BCUT2D eigenvalue weighted by molar-refractivity contribution is 5.67. The number of hydrogen-bond acceptors (Lipinski definition) is 5. The summed E-state index contributed by atoms with van der Waals surface area (Å²) < 4.78 is 5.62. The van der Waals surface area contributed by atoms with Crippen LogP contribution in [0.1, 0.15) is 33.1 Å². The molecule has 1 aromatic rings. The number of ether oxygens (including phenoxy) is 1. The summed E-state index contributed by atoms with van der Waals surface area (Å²) >= 11 is 0. The highest BCUT2D eigenvalue weighted by atomic mass is 16.5. The van der Waals surface area contributed by atoms with E-state index in [1.165, 1.54) is 25.6 Å². The lowest BCUT2D eigenvalue weighted by Crippen LogP contribution is -2.16. The van der Waals surface area contributed by atoms with Gasteiger partial charge in [-0.3, -0.25) is 0 Å². The maximum absolute atomic E-state index is 6.13. The van der Waals surface area contributed by atoms with Gasteiger partial charge in [-0.15, -0.1) is 0 Å². The molecule has 3 aliphatic rings. The monoisotopic (exact) mass is 274 g/mol. The molecule has 20 heavy (non-hydrogen) atoms. The zero-order valence-electron chi connectivity index (χ0n) is 12.0. The third-order valence-corrected chi connectivity index (χ3v) is 5.23. The zero-order valence-corrected chi connectivity index (χ0v) is 12.0. The SMILES string of the molecule is CC(C)Oc1ncnc(NC2C3C4CCC(C4)C23)c1N. The molecule has 0 saturated heterocycles. The third kappa shape index (κ3) is 1.75. The van der Waals surface area contributed by atoms with Crippen molar-refractivity contribution in [2.45, 2.75) is 45.3 Å². The van der Waals surface area contributed by atoms with E-state index in [2.05, 4.69) is 15.3 Å². The van der Waals surface area contributed by atoms with Crippen LogP contribution < -0.4 is 15.8 Å². The summed E-state index contributed by atoms with van der Waals surface area (Å²) in [6.45, 7) is 3.94. The Bertz CT molecular complexity index is 517. The second-order valence-corrected chi connectivity index (χ2v) is 6.77. The quantitative estimate of drug-likeness (QED) is 0.881. The van der Waals surface area contributed by atoms with Crippen LogP contribution in [0.25, 0.3) is 0 Å². The van der Waals surface area contributed by atoms with Crippen molar-refractivity contribution in [2.24, 2.45) is 23.7 Å². The van der Waals surface area contributed by atoms with E-state index in [1.54, 1.807) is 0 Å². The van der Waals surface area contributed by atoms with E-state index in [0.717, 1.165) is 29.5 Å². The molecule has 0 spiro atoms. The number of nitrogen functional groups attached to an aromatic ring is 1. The third-order valence-electron chi connectivity index (χ3n) is 5.23. The average Bonchev–Trinajstić information content (AvgIpc) is 2.81. The molecule has 108 valence electrons. The van der Waals surface area contributed by atoms with Crippen LogP contribution in [0.3, 0.4) is 0 Å². The fourth-order valence-electron chi connectivity index (χ4n) is 4.49. The predicted octanol–water partition coefficient (Wildman–Crippen LogP) is 2.30. The molecule has 0 aliphatic heterocycles. The molecule has 0 aromatic carbocycles. The molecule has 1 aromatic heterocycles. The lowest BCUT2D eigenvalue weighted by Gasteiger charge is -2.15. The van der Waals surface area contributed by atoms with E-state index in [9.17, 15) is 0 Å². The van der Waals surface area contributed by atoms with Gasteiger partial charge in [-0.25, -0.2) is 4.98 Å². The van der Waals surface area contributed by atoms with Crippen molar-refractivity contribution >= 4 is 11.5 Å². The van der Waals surface area contributed by atoms with Crippen molar-refractivity contribution in [1.82, 2.24) is 9.97 Å². The fourth-order valence-corrected chi connectivity index (χ4v) is 4.49. The van der Waals surface area contributed by atoms with Gasteiger partial charge in [0.2, 0.25) is 5.88 Å². The lowest BCUT2D eigenvalue weighted by atomic mass is 10.0. The lowest BCUT2D eigenvalue weighted by molar-refractivity contribution is 0.234. The Balaban J connectivity index is 1.50. The minimum Gasteiger partial charge on any atom is -0.473 e. The maximum atomic E-state index is 6.13. The molecule has 4 rings (SSSR count). The van der Waals surface area contributed by atoms with Crippen molar-refractivity contribution in [3.05, 3.63) is 6.33 Å². The van der Waals surface area contributed by atoms with Crippen LogP contribution >= 0.6 is 0 Å². The van der Waals surface area contributed by atoms with E-state index >= 15 is 0 Å². The molecule has 1 heterocycles. The molecule has 3 N–H and O–H groups in total. The van der Waals surface area contributed by atoms with Crippen LogP contribution in [0.15, 0.2) is 6.33 Å². The van der Waals surface area contributed by atoms with E-state index in [-0.39, 0.29) is 6.10 Å². The Morgan fingerprint density at radius 3 is 2.60 bits per heavy atom. The van der Waals surface area contributed by atoms with Crippen LogP contribution in [0.4, 0.5) is 11.5 Å². The minimum atomic E-state index is 0.0659. The Kier molecular flexibility index (Phi) is 2.59. The summed E-state index contributed by atoms with van der Waals surface area (Å²) in [6, 6.07) is 0.574. The van der Waals surface area contributed by atoms with E-state index in [4.69, 9.17) is 10.5 Å². The minimum absolute atomic E-state index is 0.0659. The Labute approximate surface area is 119 Å². The first-order valence-electron chi connectivity index (χ1n) is 7.69. The molecule has 0 amide bonds. The van der Waals surface area contributed by atoms with Crippen molar-refractivity contribution < 1.29 is 4.74 Å². The summed E-state index contributed by atoms with van der Waals surface area (Å²) in [5.74, 6) is 4.84. The van der Waals surface area contributed by atoms with Crippen molar-refractivity contribution in [3.8, 4) is 5.88 Å².